The molecular formula is C9H15ClN2O. The lowest BCUT2D eigenvalue weighted by atomic mass is 10.3. The summed E-state index contributed by atoms with van der Waals surface area (Å²) >= 11 is 5.63. The first-order chi connectivity index (χ1) is 6.22. The van der Waals surface area contributed by atoms with Gasteiger partial charge in [-0.05, 0) is 37.7 Å². The smallest absolute Gasteiger partial charge is 0.193 e. The van der Waals surface area contributed by atoms with Gasteiger partial charge >= 0.3 is 0 Å². The number of hydrogen-bond donors (Lipinski definition) is 2. The van der Waals surface area contributed by atoms with Crippen molar-refractivity contribution < 1.29 is 4.42 Å². The van der Waals surface area contributed by atoms with Gasteiger partial charge in [0.25, 0.3) is 0 Å². The zero-order valence-electron chi connectivity index (χ0n) is 7.93. The first-order valence-corrected chi connectivity index (χ1v) is 4.72. The maximum Gasteiger partial charge on any atom is 0.193 e. The molecule has 2 N–H and O–H groups in total. The molecular weight excluding hydrogens is 188 g/mol. The topological polar surface area (TPSA) is 37.2 Å². The molecule has 0 amide bonds. The Kier molecular flexibility index (Phi) is 4.28. The predicted octanol–water partition coefficient (Wildman–Crippen LogP) is 1.63. The fourth-order valence-corrected chi connectivity index (χ4v) is 1.26. The van der Waals surface area contributed by atoms with Crippen molar-refractivity contribution in [2.45, 2.75) is 19.5 Å². The standard InChI is InChI=1S/C9H15ClN2O/c1-7(5-11-2)12-6-8-3-4-9(10)13-8/h3-4,7,11-12H,5-6H2,1-2H3. The van der Waals surface area contributed by atoms with E-state index in [9.17, 15) is 0 Å². The van der Waals surface area contributed by atoms with E-state index in [-0.39, 0.29) is 0 Å². The monoisotopic (exact) mass is 202 g/mol. The van der Waals surface area contributed by atoms with E-state index in [0.717, 1.165) is 18.8 Å². The average molecular weight is 203 g/mol. The zero-order chi connectivity index (χ0) is 9.68. The molecule has 1 aromatic heterocycles. The van der Waals surface area contributed by atoms with Gasteiger partial charge in [0.15, 0.2) is 5.22 Å². The molecule has 4 heteroatoms. The van der Waals surface area contributed by atoms with Crippen molar-refractivity contribution in [1.82, 2.24) is 10.6 Å². The van der Waals surface area contributed by atoms with Crippen LogP contribution >= 0.6 is 11.6 Å². The van der Waals surface area contributed by atoms with Gasteiger partial charge in [0.1, 0.15) is 5.76 Å². The van der Waals surface area contributed by atoms with Crippen molar-refractivity contribution in [3.8, 4) is 0 Å². The Labute approximate surface area is 83.5 Å². The second-order valence-corrected chi connectivity index (χ2v) is 3.42. The summed E-state index contributed by atoms with van der Waals surface area (Å²) in [7, 11) is 1.93. The van der Waals surface area contributed by atoms with E-state index in [0.29, 0.717) is 11.3 Å². The molecule has 0 fully saturated rings. The number of furan rings is 1. The molecule has 3 nitrogen and oxygen atoms in total. The molecule has 0 spiro atoms. The van der Waals surface area contributed by atoms with Crippen molar-refractivity contribution in [3.05, 3.63) is 23.1 Å². The molecule has 0 bridgehead atoms. The minimum absolute atomic E-state index is 0.425. The summed E-state index contributed by atoms with van der Waals surface area (Å²) < 4.78 is 5.19. The van der Waals surface area contributed by atoms with Gasteiger partial charge in [0.05, 0.1) is 6.54 Å². The van der Waals surface area contributed by atoms with Crippen LogP contribution in [0.2, 0.25) is 5.22 Å². The Morgan fingerprint density at radius 2 is 2.31 bits per heavy atom. The second kappa shape index (κ2) is 5.27. The highest BCUT2D eigenvalue weighted by atomic mass is 35.5. The Bertz CT molecular complexity index is 250. The van der Waals surface area contributed by atoms with Gasteiger partial charge < -0.3 is 15.1 Å². The largest absolute Gasteiger partial charge is 0.448 e. The number of halogens is 1. The molecule has 0 saturated heterocycles. The molecule has 1 aromatic rings. The van der Waals surface area contributed by atoms with E-state index in [2.05, 4.69) is 17.6 Å². The molecule has 0 aliphatic carbocycles. The van der Waals surface area contributed by atoms with Crippen LogP contribution in [-0.2, 0) is 6.54 Å². The summed E-state index contributed by atoms with van der Waals surface area (Å²) in [6.07, 6.45) is 0. The van der Waals surface area contributed by atoms with Crippen molar-refractivity contribution in [1.29, 1.82) is 0 Å². The molecule has 1 heterocycles. The molecule has 1 rings (SSSR count). The van der Waals surface area contributed by atoms with Crippen molar-refractivity contribution in [2.24, 2.45) is 0 Å². The number of rotatable bonds is 5. The lowest BCUT2D eigenvalue weighted by Crippen LogP contribution is -2.34. The summed E-state index contributed by atoms with van der Waals surface area (Å²) in [5, 5.41) is 6.83. The first-order valence-electron chi connectivity index (χ1n) is 4.34. The van der Waals surface area contributed by atoms with Gasteiger partial charge in [0, 0.05) is 12.6 Å². The molecule has 0 radical (unpaired) electrons. The van der Waals surface area contributed by atoms with Crippen LogP contribution in [0.5, 0.6) is 0 Å². The number of hydrogen-bond acceptors (Lipinski definition) is 3. The molecule has 0 aliphatic rings. The van der Waals surface area contributed by atoms with Gasteiger partial charge in [-0.2, -0.15) is 0 Å². The number of nitrogens with one attached hydrogen (secondary N) is 2. The third kappa shape index (κ3) is 3.81. The minimum Gasteiger partial charge on any atom is -0.448 e. The van der Waals surface area contributed by atoms with E-state index in [1.54, 1.807) is 6.07 Å². The Hall–Kier alpha value is -0.510. The van der Waals surface area contributed by atoms with E-state index >= 15 is 0 Å². The second-order valence-electron chi connectivity index (χ2n) is 3.05. The summed E-state index contributed by atoms with van der Waals surface area (Å²) in [4.78, 5) is 0. The van der Waals surface area contributed by atoms with Crippen LogP contribution in [0.25, 0.3) is 0 Å². The van der Waals surface area contributed by atoms with E-state index in [1.165, 1.54) is 0 Å². The minimum atomic E-state index is 0.425. The fraction of sp³-hybridized carbons (Fsp3) is 0.556. The Balaban J connectivity index is 2.26. The van der Waals surface area contributed by atoms with Crippen LogP contribution < -0.4 is 10.6 Å². The molecule has 0 saturated carbocycles. The van der Waals surface area contributed by atoms with E-state index < -0.39 is 0 Å². The highest BCUT2D eigenvalue weighted by molar-refractivity contribution is 6.28. The van der Waals surface area contributed by atoms with Crippen molar-refractivity contribution in [2.75, 3.05) is 13.6 Å². The van der Waals surface area contributed by atoms with Crippen molar-refractivity contribution >= 4 is 11.6 Å². The highest BCUT2D eigenvalue weighted by Crippen LogP contribution is 2.12. The molecule has 0 aliphatic heterocycles. The third-order valence-electron chi connectivity index (χ3n) is 1.76. The average Bonchev–Trinajstić information content (AvgIpc) is 2.49. The molecule has 1 unspecified atom stereocenters. The summed E-state index contributed by atoms with van der Waals surface area (Å²) in [5.74, 6) is 0.868. The van der Waals surface area contributed by atoms with Crippen LogP contribution in [0.1, 0.15) is 12.7 Å². The molecule has 0 aromatic carbocycles. The van der Waals surface area contributed by atoms with Crippen LogP contribution in [0.3, 0.4) is 0 Å². The van der Waals surface area contributed by atoms with Crippen LogP contribution in [0, 0.1) is 0 Å². The third-order valence-corrected chi connectivity index (χ3v) is 1.97. The SMILES string of the molecule is CNCC(C)NCc1ccc(Cl)o1. The Morgan fingerprint density at radius 3 is 2.85 bits per heavy atom. The van der Waals surface area contributed by atoms with Crippen LogP contribution in [0.15, 0.2) is 16.5 Å². The lowest BCUT2D eigenvalue weighted by Gasteiger charge is -2.11. The lowest BCUT2D eigenvalue weighted by molar-refractivity contribution is 0.449. The summed E-state index contributed by atoms with van der Waals surface area (Å²) in [6.45, 7) is 3.77. The quantitative estimate of drug-likeness (QED) is 0.762. The first kappa shape index (κ1) is 10.6. The number of likely N-dealkylation sites (N-methyl/N-ethyl adjacent to an activating group) is 1. The Morgan fingerprint density at radius 1 is 1.54 bits per heavy atom. The predicted molar refractivity (Wildman–Crippen MR) is 53.9 cm³/mol. The van der Waals surface area contributed by atoms with Gasteiger partial charge in [0.2, 0.25) is 0 Å². The maximum atomic E-state index is 5.63. The van der Waals surface area contributed by atoms with Gasteiger partial charge in [-0.15, -0.1) is 0 Å². The van der Waals surface area contributed by atoms with Crippen LogP contribution in [0.4, 0.5) is 0 Å². The summed E-state index contributed by atoms with van der Waals surface area (Å²) in [6, 6.07) is 4.05. The molecule has 13 heavy (non-hydrogen) atoms. The fourth-order valence-electron chi connectivity index (χ4n) is 1.10. The zero-order valence-corrected chi connectivity index (χ0v) is 8.69. The molecule has 74 valence electrons. The highest BCUT2D eigenvalue weighted by Gasteiger charge is 2.02. The maximum absolute atomic E-state index is 5.63. The van der Waals surface area contributed by atoms with Crippen LogP contribution in [-0.4, -0.2) is 19.6 Å². The summed E-state index contributed by atoms with van der Waals surface area (Å²) in [5.41, 5.74) is 0. The van der Waals surface area contributed by atoms with Crippen molar-refractivity contribution in [3.63, 3.8) is 0 Å². The normalized spacial score (nSPS) is 13.2. The van der Waals surface area contributed by atoms with Gasteiger partial charge in [-0.3, -0.25) is 0 Å². The van der Waals surface area contributed by atoms with E-state index in [1.807, 2.05) is 13.1 Å². The van der Waals surface area contributed by atoms with Gasteiger partial charge in [-0.1, -0.05) is 0 Å². The van der Waals surface area contributed by atoms with Gasteiger partial charge in [-0.25, -0.2) is 0 Å². The van der Waals surface area contributed by atoms with E-state index in [4.69, 9.17) is 16.0 Å². The molecule has 1 atom stereocenters.